The molecule has 0 atom stereocenters. The van der Waals surface area contributed by atoms with E-state index in [0.29, 0.717) is 0 Å². The molecule has 4 nitrogen and oxygen atoms in total. The fourth-order valence-corrected chi connectivity index (χ4v) is 1.38. The van der Waals surface area contributed by atoms with Gasteiger partial charge in [0.1, 0.15) is 0 Å². The highest BCUT2D eigenvalue weighted by atomic mass is 79.9. The maximum absolute atomic E-state index is 5.49. The molecule has 0 aromatic carbocycles. The normalized spacial score (nSPS) is 13.4. The molecule has 0 unspecified atom stereocenters. The zero-order chi connectivity index (χ0) is 12.0. The van der Waals surface area contributed by atoms with Crippen molar-refractivity contribution >= 4 is 32.2 Å². The van der Waals surface area contributed by atoms with Crippen molar-refractivity contribution in [3.63, 3.8) is 0 Å². The van der Waals surface area contributed by atoms with Crippen LogP contribution in [0.15, 0.2) is 35.7 Å². The topological polar surface area (TPSA) is 77.3 Å². The second-order valence-corrected chi connectivity index (χ2v) is 3.81. The van der Waals surface area contributed by atoms with Crippen LogP contribution in [0.5, 0.6) is 0 Å². The van der Waals surface area contributed by atoms with Crippen LogP contribution in [0.2, 0.25) is 0 Å². The van der Waals surface area contributed by atoms with Gasteiger partial charge in [0.2, 0.25) is 0 Å². The number of aliphatic imine (C=N–C) groups is 1. The molecule has 0 spiro atoms. The molecule has 1 aromatic heterocycles. The molecule has 0 fully saturated rings. The van der Waals surface area contributed by atoms with E-state index in [1.165, 1.54) is 12.4 Å². The first-order valence-electron chi connectivity index (χ1n) is 4.61. The second kappa shape index (κ2) is 6.07. The lowest BCUT2D eigenvalue weighted by Crippen LogP contribution is -1.94. The third-order valence-electron chi connectivity index (χ3n) is 1.94. The smallest absolute Gasteiger partial charge is 0.0786 e. The van der Waals surface area contributed by atoms with Gasteiger partial charge in [0, 0.05) is 43.0 Å². The molecule has 0 saturated carbocycles. The van der Waals surface area contributed by atoms with E-state index in [1.54, 1.807) is 19.5 Å². The molecule has 0 saturated heterocycles. The standard InChI is InChI=1S/C11H13BrN4/c1-15-6-9(4-13)8-2-3-11(16-7-8)10(12)5-14/h2-7H,13-14H2,1H3/b9-4+,10-5+,15-6?. The van der Waals surface area contributed by atoms with Gasteiger partial charge < -0.3 is 11.5 Å². The van der Waals surface area contributed by atoms with E-state index in [9.17, 15) is 0 Å². The first-order valence-corrected chi connectivity index (χ1v) is 5.40. The van der Waals surface area contributed by atoms with Crippen molar-refractivity contribution in [2.24, 2.45) is 16.5 Å². The number of allylic oxidation sites excluding steroid dienone is 1. The Kier molecular flexibility index (Phi) is 4.72. The minimum absolute atomic E-state index is 0.751. The lowest BCUT2D eigenvalue weighted by molar-refractivity contribution is 1.27. The van der Waals surface area contributed by atoms with Gasteiger partial charge in [-0.25, -0.2) is 0 Å². The molecule has 0 amide bonds. The molecule has 0 aliphatic rings. The van der Waals surface area contributed by atoms with E-state index in [-0.39, 0.29) is 0 Å². The van der Waals surface area contributed by atoms with Crippen molar-refractivity contribution < 1.29 is 0 Å². The summed E-state index contributed by atoms with van der Waals surface area (Å²) >= 11 is 3.30. The Morgan fingerprint density at radius 1 is 1.38 bits per heavy atom. The Labute approximate surface area is 103 Å². The van der Waals surface area contributed by atoms with Gasteiger partial charge in [0.15, 0.2) is 0 Å². The molecular formula is C11H13BrN4. The maximum Gasteiger partial charge on any atom is 0.0786 e. The van der Waals surface area contributed by atoms with Crippen LogP contribution >= 0.6 is 15.9 Å². The van der Waals surface area contributed by atoms with E-state index in [2.05, 4.69) is 25.9 Å². The molecule has 0 aliphatic carbocycles. The molecule has 16 heavy (non-hydrogen) atoms. The maximum atomic E-state index is 5.49. The Morgan fingerprint density at radius 2 is 2.12 bits per heavy atom. The molecule has 0 radical (unpaired) electrons. The summed E-state index contributed by atoms with van der Waals surface area (Å²) in [5.41, 5.74) is 13.4. The highest BCUT2D eigenvalue weighted by Gasteiger charge is 2.01. The third-order valence-corrected chi connectivity index (χ3v) is 2.61. The molecule has 5 heteroatoms. The Balaban J connectivity index is 3.03. The number of halogens is 1. The summed E-state index contributed by atoms with van der Waals surface area (Å²) in [4.78, 5) is 8.16. The quantitative estimate of drug-likeness (QED) is 0.828. The first kappa shape index (κ1) is 12.4. The van der Waals surface area contributed by atoms with Gasteiger partial charge in [-0.1, -0.05) is 6.07 Å². The minimum Gasteiger partial charge on any atom is -0.404 e. The van der Waals surface area contributed by atoms with Crippen molar-refractivity contribution in [2.75, 3.05) is 7.05 Å². The summed E-state index contributed by atoms with van der Waals surface area (Å²) in [5.74, 6) is 0. The van der Waals surface area contributed by atoms with E-state index in [1.807, 2.05) is 12.1 Å². The molecule has 0 aliphatic heterocycles. The van der Waals surface area contributed by atoms with Crippen molar-refractivity contribution in [3.05, 3.63) is 42.0 Å². The van der Waals surface area contributed by atoms with Crippen LogP contribution in [-0.4, -0.2) is 18.2 Å². The third kappa shape index (κ3) is 2.93. The van der Waals surface area contributed by atoms with E-state index in [0.717, 1.165) is 21.3 Å². The summed E-state index contributed by atoms with van der Waals surface area (Å²) in [5, 5.41) is 0. The van der Waals surface area contributed by atoms with Crippen LogP contribution in [0, 0.1) is 0 Å². The summed E-state index contributed by atoms with van der Waals surface area (Å²) < 4.78 is 0.751. The number of nitrogens with zero attached hydrogens (tertiary/aromatic N) is 2. The van der Waals surface area contributed by atoms with Gasteiger partial charge in [0.05, 0.1) is 10.2 Å². The van der Waals surface area contributed by atoms with Crippen LogP contribution in [0.4, 0.5) is 0 Å². The molecule has 1 rings (SSSR count). The molecular weight excluding hydrogens is 268 g/mol. The van der Waals surface area contributed by atoms with Gasteiger partial charge in [-0.3, -0.25) is 9.98 Å². The number of rotatable bonds is 3. The lowest BCUT2D eigenvalue weighted by Gasteiger charge is -2.02. The van der Waals surface area contributed by atoms with Gasteiger partial charge in [-0.2, -0.15) is 0 Å². The highest BCUT2D eigenvalue weighted by molar-refractivity contribution is 9.15. The van der Waals surface area contributed by atoms with Crippen LogP contribution in [0.25, 0.3) is 10.1 Å². The predicted octanol–water partition coefficient (Wildman–Crippen LogP) is 1.73. The molecule has 4 N–H and O–H groups in total. The van der Waals surface area contributed by atoms with Crippen molar-refractivity contribution in [3.8, 4) is 0 Å². The van der Waals surface area contributed by atoms with Gasteiger partial charge >= 0.3 is 0 Å². The molecule has 84 valence electrons. The molecule has 0 bridgehead atoms. The van der Waals surface area contributed by atoms with Crippen LogP contribution in [0.1, 0.15) is 11.3 Å². The van der Waals surface area contributed by atoms with Crippen LogP contribution < -0.4 is 11.5 Å². The average Bonchev–Trinajstić information content (AvgIpc) is 2.35. The zero-order valence-corrected chi connectivity index (χ0v) is 10.5. The Morgan fingerprint density at radius 3 is 2.56 bits per heavy atom. The molecule has 1 aromatic rings. The number of hydrogen-bond donors (Lipinski definition) is 2. The Hall–Kier alpha value is -1.62. The SMILES string of the molecule is CN=C/C(=C\N)c1ccc(/C(Br)=C\N)nc1. The van der Waals surface area contributed by atoms with E-state index < -0.39 is 0 Å². The fourth-order valence-electron chi connectivity index (χ4n) is 1.14. The van der Waals surface area contributed by atoms with Crippen LogP contribution in [0.3, 0.4) is 0 Å². The van der Waals surface area contributed by atoms with Crippen LogP contribution in [-0.2, 0) is 0 Å². The van der Waals surface area contributed by atoms with E-state index in [4.69, 9.17) is 11.5 Å². The van der Waals surface area contributed by atoms with Gasteiger partial charge in [0.25, 0.3) is 0 Å². The summed E-state index contributed by atoms with van der Waals surface area (Å²) in [7, 11) is 1.69. The predicted molar refractivity (Wildman–Crippen MR) is 71.9 cm³/mol. The van der Waals surface area contributed by atoms with Gasteiger partial charge in [-0.15, -0.1) is 0 Å². The minimum atomic E-state index is 0.751. The summed E-state index contributed by atoms with van der Waals surface area (Å²) in [6, 6.07) is 3.77. The number of aromatic nitrogens is 1. The zero-order valence-electron chi connectivity index (χ0n) is 8.89. The van der Waals surface area contributed by atoms with E-state index >= 15 is 0 Å². The number of pyridine rings is 1. The average molecular weight is 281 g/mol. The van der Waals surface area contributed by atoms with Crippen molar-refractivity contribution in [2.45, 2.75) is 0 Å². The first-order chi connectivity index (χ1) is 7.72. The van der Waals surface area contributed by atoms with Crippen molar-refractivity contribution in [1.82, 2.24) is 4.98 Å². The van der Waals surface area contributed by atoms with Crippen molar-refractivity contribution in [1.29, 1.82) is 0 Å². The summed E-state index contributed by atoms with van der Waals surface area (Å²) in [6.45, 7) is 0. The Bertz CT molecular complexity index is 432. The van der Waals surface area contributed by atoms with Gasteiger partial charge in [-0.05, 0) is 22.0 Å². The monoisotopic (exact) mass is 280 g/mol. The lowest BCUT2D eigenvalue weighted by atomic mass is 10.1. The molecule has 1 heterocycles. The largest absolute Gasteiger partial charge is 0.404 e. The second-order valence-electron chi connectivity index (χ2n) is 2.96. The highest BCUT2D eigenvalue weighted by Crippen LogP contribution is 2.19. The summed E-state index contributed by atoms with van der Waals surface area (Å²) in [6.07, 6.45) is 6.36. The number of nitrogens with two attached hydrogens (primary N) is 2. The number of hydrogen-bond acceptors (Lipinski definition) is 4. The fraction of sp³-hybridized carbons (Fsp3) is 0.0909.